The highest BCUT2D eigenvalue weighted by molar-refractivity contribution is 5.89. The summed E-state index contributed by atoms with van der Waals surface area (Å²) >= 11 is 0. The van der Waals surface area contributed by atoms with Crippen molar-refractivity contribution in [1.29, 1.82) is 0 Å². The monoisotopic (exact) mass is 277 g/mol. The standard InChI is InChI=1S/C15H11N5O/c1-21-11-6-4-10(5-7-11)14-18-12-3-2-8-16-13(12)15-19-17-9-20(14)15/h2-9H,1H3. The molecule has 102 valence electrons. The van der Waals surface area contributed by atoms with Crippen molar-refractivity contribution in [2.75, 3.05) is 7.11 Å². The molecule has 1 aromatic carbocycles. The summed E-state index contributed by atoms with van der Waals surface area (Å²) in [6.45, 7) is 0. The van der Waals surface area contributed by atoms with Crippen molar-refractivity contribution >= 4 is 16.7 Å². The highest BCUT2D eigenvalue weighted by Crippen LogP contribution is 2.24. The molecule has 0 spiro atoms. The predicted octanol–water partition coefficient (Wildman–Crippen LogP) is 2.35. The van der Waals surface area contributed by atoms with Crippen LogP contribution < -0.4 is 4.74 Å². The summed E-state index contributed by atoms with van der Waals surface area (Å²) < 4.78 is 7.03. The third kappa shape index (κ3) is 1.80. The van der Waals surface area contributed by atoms with Gasteiger partial charge in [-0.05, 0) is 36.4 Å². The first-order valence-electron chi connectivity index (χ1n) is 6.46. The number of fused-ring (bicyclic) bond motifs is 3. The molecule has 0 unspecified atom stereocenters. The molecule has 21 heavy (non-hydrogen) atoms. The lowest BCUT2D eigenvalue weighted by Gasteiger charge is -2.07. The van der Waals surface area contributed by atoms with Gasteiger partial charge in [0.2, 0.25) is 0 Å². The van der Waals surface area contributed by atoms with E-state index in [4.69, 9.17) is 4.74 Å². The fraction of sp³-hybridized carbons (Fsp3) is 0.0667. The second-order valence-electron chi connectivity index (χ2n) is 4.56. The van der Waals surface area contributed by atoms with Gasteiger partial charge in [0, 0.05) is 11.8 Å². The second kappa shape index (κ2) is 4.52. The maximum Gasteiger partial charge on any atom is 0.190 e. The molecule has 6 heteroatoms. The number of nitrogens with zero attached hydrogens (tertiary/aromatic N) is 5. The first kappa shape index (κ1) is 11.8. The largest absolute Gasteiger partial charge is 0.497 e. The molecule has 4 aromatic rings. The maximum atomic E-state index is 5.19. The van der Waals surface area contributed by atoms with Gasteiger partial charge in [0.15, 0.2) is 5.65 Å². The third-order valence-electron chi connectivity index (χ3n) is 3.35. The van der Waals surface area contributed by atoms with Crippen LogP contribution in [0.3, 0.4) is 0 Å². The molecule has 0 aliphatic carbocycles. The molecule has 0 saturated heterocycles. The number of aromatic nitrogens is 5. The normalized spacial score (nSPS) is 11.1. The van der Waals surface area contributed by atoms with E-state index in [-0.39, 0.29) is 0 Å². The van der Waals surface area contributed by atoms with Crippen LogP contribution in [-0.4, -0.2) is 31.7 Å². The van der Waals surface area contributed by atoms with Crippen LogP contribution in [0.15, 0.2) is 48.9 Å². The first-order chi connectivity index (χ1) is 10.4. The van der Waals surface area contributed by atoms with Gasteiger partial charge in [-0.25, -0.2) is 4.98 Å². The molecule has 0 aliphatic rings. The smallest absolute Gasteiger partial charge is 0.190 e. The molecule has 0 radical (unpaired) electrons. The molecule has 6 nitrogen and oxygen atoms in total. The van der Waals surface area contributed by atoms with Crippen LogP contribution in [0.5, 0.6) is 5.75 Å². The zero-order valence-corrected chi connectivity index (χ0v) is 11.3. The van der Waals surface area contributed by atoms with Gasteiger partial charge in [-0.2, -0.15) is 0 Å². The van der Waals surface area contributed by atoms with E-state index in [1.54, 1.807) is 19.6 Å². The van der Waals surface area contributed by atoms with Crippen LogP contribution in [0.25, 0.3) is 28.1 Å². The summed E-state index contributed by atoms with van der Waals surface area (Å²) in [5.41, 5.74) is 3.20. The van der Waals surface area contributed by atoms with Gasteiger partial charge in [0.1, 0.15) is 23.4 Å². The number of hydrogen-bond donors (Lipinski definition) is 0. The van der Waals surface area contributed by atoms with E-state index >= 15 is 0 Å². The molecule has 3 aromatic heterocycles. The van der Waals surface area contributed by atoms with E-state index in [0.717, 1.165) is 28.2 Å². The van der Waals surface area contributed by atoms with Crippen LogP contribution in [0.2, 0.25) is 0 Å². The van der Waals surface area contributed by atoms with Crippen LogP contribution in [0.4, 0.5) is 0 Å². The van der Waals surface area contributed by atoms with Crippen molar-refractivity contribution in [3.05, 3.63) is 48.9 Å². The molecule has 0 amide bonds. The minimum Gasteiger partial charge on any atom is -0.497 e. The average Bonchev–Trinajstić information content (AvgIpc) is 3.04. The Bertz CT molecular complexity index is 930. The quantitative estimate of drug-likeness (QED) is 0.562. The van der Waals surface area contributed by atoms with E-state index in [2.05, 4.69) is 20.2 Å². The van der Waals surface area contributed by atoms with Gasteiger partial charge in [-0.3, -0.25) is 9.38 Å². The Balaban J connectivity index is 2.03. The van der Waals surface area contributed by atoms with E-state index in [1.165, 1.54) is 0 Å². The van der Waals surface area contributed by atoms with Crippen molar-refractivity contribution in [2.24, 2.45) is 0 Å². The molecule has 4 rings (SSSR count). The van der Waals surface area contributed by atoms with Crippen LogP contribution in [0, 0.1) is 0 Å². The van der Waals surface area contributed by atoms with Crippen LogP contribution in [-0.2, 0) is 0 Å². The number of methoxy groups -OCH3 is 1. The molecule has 3 heterocycles. The van der Waals surface area contributed by atoms with Gasteiger partial charge in [0.25, 0.3) is 0 Å². The van der Waals surface area contributed by atoms with Crippen LogP contribution >= 0.6 is 0 Å². The topological polar surface area (TPSA) is 65.2 Å². The van der Waals surface area contributed by atoms with E-state index < -0.39 is 0 Å². The van der Waals surface area contributed by atoms with Crippen molar-refractivity contribution in [2.45, 2.75) is 0 Å². The Morgan fingerprint density at radius 1 is 1.10 bits per heavy atom. The lowest BCUT2D eigenvalue weighted by atomic mass is 10.2. The zero-order chi connectivity index (χ0) is 14.2. The van der Waals surface area contributed by atoms with Gasteiger partial charge in [-0.1, -0.05) is 0 Å². The molecule has 0 saturated carbocycles. The summed E-state index contributed by atoms with van der Waals surface area (Å²) in [6.07, 6.45) is 3.38. The Kier molecular flexibility index (Phi) is 2.53. The molecule has 0 aliphatic heterocycles. The Morgan fingerprint density at radius 3 is 2.76 bits per heavy atom. The number of pyridine rings is 1. The molecule has 0 fully saturated rings. The fourth-order valence-electron chi connectivity index (χ4n) is 2.32. The highest BCUT2D eigenvalue weighted by atomic mass is 16.5. The lowest BCUT2D eigenvalue weighted by Crippen LogP contribution is -1.98. The third-order valence-corrected chi connectivity index (χ3v) is 3.35. The van der Waals surface area contributed by atoms with Gasteiger partial charge in [-0.15, -0.1) is 10.2 Å². The van der Waals surface area contributed by atoms with Gasteiger partial charge >= 0.3 is 0 Å². The molecule has 0 atom stereocenters. The maximum absolute atomic E-state index is 5.19. The van der Waals surface area contributed by atoms with Crippen molar-refractivity contribution in [1.82, 2.24) is 24.6 Å². The van der Waals surface area contributed by atoms with Crippen molar-refractivity contribution in [3.63, 3.8) is 0 Å². The number of rotatable bonds is 2. The number of benzene rings is 1. The highest BCUT2D eigenvalue weighted by Gasteiger charge is 2.12. The molecular weight excluding hydrogens is 266 g/mol. The second-order valence-corrected chi connectivity index (χ2v) is 4.56. The zero-order valence-electron chi connectivity index (χ0n) is 11.3. The lowest BCUT2D eigenvalue weighted by molar-refractivity contribution is 0.415. The van der Waals surface area contributed by atoms with E-state index in [0.29, 0.717) is 5.65 Å². The predicted molar refractivity (Wildman–Crippen MR) is 78.1 cm³/mol. The van der Waals surface area contributed by atoms with Crippen molar-refractivity contribution in [3.8, 4) is 17.1 Å². The van der Waals surface area contributed by atoms with E-state index in [9.17, 15) is 0 Å². The number of ether oxygens (including phenoxy) is 1. The minimum absolute atomic E-state index is 0.700. The summed E-state index contributed by atoms with van der Waals surface area (Å²) in [5, 5.41) is 8.13. The Labute approximate surface area is 120 Å². The number of hydrogen-bond acceptors (Lipinski definition) is 5. The Morgan fingerprint density at radius 2 is 1.95 bits per heavy atom. The molecule has 0 N–H and O–H groups in total. The summed E-state index contributed by atoms with van der Waals surface area (Å²) in [5.74, 6) is 1.58. The minimum atomic E-state index is 0.700. The fourth-order valence-corrected chi connectivity index (χ4v) is 2.32. The van der Waals surface area contributed by atoms with Crippen molar-refractivity contribution < 1.29 is 4.74 Å². The van der Waals surface area contributed by atoms with Gasteiger partial charge in [0.05, 0.1) is 12.6 Å². The Hall–Kier alpha value is -3.02. The van der Waals surface area contributed by atoms with E-state index in [1.807, 2.05) is 40.8 Å². The molecular formula is C15H11N5O. The van der Waals surface area contributed by atoms with Gasteiger partial charge < -0.3 is 4.74 Å². The summed E-state index contributed by atoms with van der Waals surface area (Å²) in [6, 6.07) is 11.5. The molecule has 0 bridgehead atoms. The summed E-state index contributed by atoms with van der Waals surface area (Å²) in [7, 11) is 1.65. The average molecular weight is 277 g/mol. The SMILES string of the molecule is COc1ccc(-c2nc3cccnc3c3nncn23)cc1. The first-order valence-corrected chi connectivity index (χ1v) is 6.46. The summed E-state index contributed by atoms with van der Waals surface area (Å²) in [4.78, 5) is 9.02. The van der Waals surface area contributed by atoms with Crippen LogP contribution in [0.1, 0.15) is 0 Å².